The summed E-state index contributed by atoms with van der Waals surface area (Å²) in [6.07, 6.45) is 1.58. The van der Waals surface area contributed by atoms with Crippen molar-refractivity contribution in [3.63, 3.8) is 0 Å². The van der Waals surface area contributed by atoms with E-state index in [0.29, 0.717) is 11.5 Å². The predicted molar refractivity (Wildman–Crippen MR) is 84.7 cm³/mol. The maximum atomic E-state index is 9.68. The number of fused-ring (bicyclic) bond motifs is 1. The maximum absolute atomic E-state index is 9.68. The first-order valence-electron chi connectivity index (χ1n) is 6.82. The zero-order valence-corrected chi connectivity index (χ0v) is 11.7. The minimum Gasteiger partial charge on any atom is -0.507 e. The minimum atomic E-state index is 0.201. The second kappa shape index (κ2) is 5.66. The van der Waals surface area contributed by atoms with Crippen LogP contribution >= 0.6 is 0 Å². The molecule has 3 rings (SSSR count). The van der Waals surface area contributed by atoms with Gasteiger partial charge < -0.3 is 9.67 Å². The first-order valence-corrected chi connectivity index (χ1v) is 6.82. The Balaban J connectivity index is 1.87. The molecule has 0 aliphatic heterocycles. The van der Waals surface area contributed by atoms with Gasteiger partial charge in [-0.3, -0.25) is 0 Å². The summed E-state index contributed by atoms with van der Waals surface area (Å²) >= 11 is 0. The molecule has 0 bridgehead atoms. The lowest BCUT2D eigenvalue weighted by molar-refractivity contribution is 0.474. The fraction of sp³-hybridized carbons (Fsp3) is 0.125. The minimum absolute atomic E-state index is 0.201. The highest BCUT2D eigenvalue weighted by Crippen LogP contribution is 2.19. The number of hydrogen-bond acceptors (Lipinski definition) is 4. The number of hydrazone groups is 1. The monoisotopic (exact) mass is 280 g/mol. The summed E-state index contributed by atoms with van der Waals surface area (Å²) in [6, 6.07) is 15.0. The summed E-state index contributed by atoms with van der Waals surface area (Å²) < 4.78 is 2.05. The molecule has 0 spiro atoms. The van der Waals surface area contributed by atoms with E-state index in [-0.39, 0.29) is 5.75 Å². The molecule has 0 unspecified atom stereocenters. The number of nitrogens with one attached hydrogen (secondary N) is 1. The quantitative estimate of drug-likeness (QED) is 0.570. The lowest BCUT2D eigenvalue weighted by Gasteiger charge is -2.04. The average Bonchev–Trinajstić information content (AvgIpc) is 2.86. The number of hydrogen-bond donors (Lipinski definition) is 2. The highest BCUT2D eigenvalue weighted by atomic mass is 16.3. The number of imidazole rings is 1. The van der Waals surface area contributed by atoms with E-state index in [9.17, 15) is 5.11 Å². The van der Waals surface area contributed by atoms with E-state index in [0.717, 1.165) is 17.6 Å². The van der Waals surface area contributed by atoms with Gasteiger partial charge in [0, 0.05) is 12.1 Å². The molecule has 5 heteroatoms. The largest absolute Gasteiger partial charge is 0.507 e. The van der Waals surface area contributed by atoms with Gasteiger partial charge in [0.05, 0.1) is 17.2 Å². The second-order valence-electron chi connectivity index (χ2n) is 4.60. The van der Waals surface area contributed by atoms with E-state index in [4.69, 9.17) is 0 Å². The van der Waals surface area contributed by atoms with Crippen molar-refractivity contribution in [1.29, 1.82) is 0 Å². The van der Waals surface area contributed by atoms with Gasteiger partial charge in [-0.2, -0.15) is 5.10 Å². The molecule has 0 aliphatic rings. The molecule has 106 valence electrons. The Morgan fingerprint density at radius 1 is 1.19 bits per heavy atom. The van der Waals surface area contributed by atoms with E-state index in [2.05, 4.69) is 27.0 Å². The van der Waals surface area contributed by atoms with Crippen molar-refractivity contribution in [2.75, 3.05) is 5.43 Å². The Hall–Kier alpha value is -2.82. The van der Waals surface area contributed by atoms with Crippen molar-refractivity contribution >= 4 is 23.2 Å². The van der Waals surface area contributed by atoms with Gasteiger partial charge in [-0.15, -0.1) is 0 Å². The molecular weight excluding hydrogens is 264 g/mol. The van der Waals surface area contributed by atoms with Crippen LogP contribution in [0.25, 0.3) is 11.0 Å². The van der Waals surface area contributed by atoms with Gasteiger partial charge in [0.1, 0.15) is 5.75 Å². The molecule has 1 aromatic heterocycles. The Kier molecular flexibility index (Phi) is 3.55. The second-order valence-corrected chi connectivity index (χ2v) is 4.60. The normalized spacial score (nSPS) is 11.3. The third kappa shape index (κ3) is 2.58. The molecule has 1 heterocycles. The Bertz CT molecular complexity index is 792. The van der Waals surface area contributed by atoms with E-state index in [1.807, 2.05) is 30.3 Å². The Morgan fingerprint density at radius 3 is 2.76 bits per heavy atom. The number of aromatic hydroxyl groups is 1. The lowest BCUT2D eigenvalue weighted by atomic mass is 10.2. The fourth-order valence-electron chi connectivity index (χ4n) is 2.24. The number of aromatic nitrogens is 2. The number of rotatable bonds is 4. The predicted octanol–water partition coefficient (Wildman–Crippen LogP) is 3.21. The zero-order chi connectivity index (χ0) is 14.7. The molecule has 0 amide bonds. The van der Waals surface area contributed by atoms with E-state index < -0.39 is 0 Å². The number of aryl methyl sites for hydroxylation is 1. The van der Waals surface area contributed by atoms with Crippen LogP contribution < -0.4 is 5.43 Å². The molecule has 0 radical (unpaired) electrons. The van der Waals surface area contributed by atoms with Crippen LogP contribution in [-0.4, -0.2) is 20.9 Å². The Morgan fingerprint density at radius 2 is 1.95 bits per heavy atom. The summed E-state index contributed by atoms with van der Waals surface area (Å²) in [5.41, 5.74) is 5.60. The van der Waals surface area contributed by atoms with Gasteiger partial charge in [0.2, 0.25) is 5.95 Å². The van der Waals surface area contributed by atoms with Gasteiger partial charge in [0.25, 0.3) is 0 Å². The average molecular weight is 280 g/mol. The van der Waals surface area contributed by atoms with Gasteiger partial charge in [-0.1, -0.05) is 24.3 Å². The van der Waals surface area contributed by atoms with Crippen LogP contribution in [0, 0.1) is 0 Å². The summed E-state index contributed by atoms with van der Waals surface area (Å²) in [5, 5.41) is 13.8. The first-order chi connectivity index (χ1) is 10.3. The molecule has 0 aliphatic carbocycles. The third-order valence-corrected chi connectivity index (χ3v) is 3.28. The van der Waals surface area contributed by atoms with Crippen LogP contribution in [0.5, 0.6) is 5.75 Å². The summed E-state index contributed by atoms with van der Waals surface area (Å²) in [5.74, 6) is 0.886. The topological polar surface area (TPSA) is 62.4 Å². The van der Waals surface area contributed by atoms with E-state index in [1.54, 1.807) is 24.4 Å². The number of phenols is 1. The molecular formula is C16H16N4O. The molecule has 5 nitrogen and oxygen atoms in total. The molecule has 0 atom stereocenters. The van der Waals surface area contributed by atoms with Crippen LogP contribution in [0.1, 0.15) is 12.5 Å². The molecule has 2 aromatic carbocycles. The summed E-state index contributed by atoms with van der Waals surface area (Å²) in [6.45, 7) is 2.86. The van der Waals surface area contributed by atoms with Gasteiger partial charge >= 0.3 is 0 Å². The van der Waals surface area contributed by atoms with E-state index >= 15 is 0 Å². The molecule has 0 fully saturated rings. The van der Waals surface area contributed by atoms with Crippen molar-refractivity contribution in [1.82, 2.24) is 9.55 Å². The van der Waals surface area contributed by atoms with Crippen LogP contribution in [-0.2, 0) is 6.54 Å². The number of para-hydroxylation sites is 3. The van der Waals surface area contributed by atoms with Gasteiger partial charge in [0.15, 0.2) is 0 Å². The molecule has 0 saturated heterocycles. The van der Waals surface area contributed by atoms with Crippen molar-refractivity contribution in [3.05, 3.63) is 54.1 Å². The Labute approximate surface area is 122 Å². The standard InChI is InChI=1S/C16H16N4O/c1-2-20-14-9-5-4-8-13(14)18-16(20)19-17-11-12-7-3-6-10-15(12)21/h3-11,21H,2H2,1H3,(H,18,19)/b17-11-. The molecule has 0 saturated carbocycles. The van der Waals surface area contributed by atoms with Crippen molar-refractivity contribution in [2.45, 2.75) is 13.5 Å². The van der Waals surface area contributed by atoms with Crippen LogP contribution in [0.4, 0.5) is 5.95 Å². The first kappa shape index (κ1) is 13.2. The van der Waals surface area contributed by atoms with Crippen molar-refractivity contribution in [2.24, 2.45) is 5.10 Å². The van der Waals surface area contributed by atoms with Gasteiger partial charge in [-0.25, -0.2) is 10.4 Å². The van der Waals surface area contributed by atoms with Gasteiger partial charge in [-0.05, 0) is 31.2 Å². The van der Waals surface area contributed by atoms with E-state index in [1.165, 1.54) is 0 Å². The summed E-state index contributed by atoms with van der Waals surface area (Å²) in [7, 11) is 0. The van der Waals surface area contributed by atoms with Crippen molar-refractivity contribution < 1.29 is 5.11 Å². The number of nitrogens with zero attached hydrogens (tertiary/aromatic N) is 3. The van der Waals surface area contributed by atoms with Crippen LogP contribution in [0.3, 0.4) is 0 Å². The number of phenolic OH excluding ortho intramolecular Hbond substituents is 1. The molecule has 21 heavy (non-hydrogen) atoms. The SMILES string of the molecule is CCn1c(N/N=C\c2ccccc2O)nc2ccccc21. The third-order valence-electron chi connectivity index (χ3n) is 3.28. The smallest absolute Gasteiger partial charge is 0.224 e. The number of benzene rings is 2. The highest BCUT2D eigenvalue weighted by molar-refractivity contribution is 5.84. The van der Waals surface area contributed by atoms with Crippen molar-refractivity contribution in [3.8, 4) is 5.75 Å². The van der Waals surface area contributed by atoms with Crippen LogP contribution in [0.15, 0.2) is 53.6 Å². The summed E-state index contributed by atoms with van der Waals surface area (Å²) in [4.78, 5) is 4.51. The fourth-order valence-corrected chi connectivity index (χ4v) is 2.24. The highest BCUT2D eigenvalue weighted by Gasteiger charge is 2.07. The molecule has 2 N–H and O–H groups in total. The number of anilines is 1. The molecule has 3 aromatic rings. The lowest BCUT2D eigenvalue weighted by Crippen LogP contribution is -2.01. The zero-order valence-electron chi connectivity index (χ0n) is 11.7. The van der Waals surface area contributed by atoms with Crippen LogP contribution in [0.2, 0.25) is 0 Å². The maximum Gasteiger partial charge on any atom is 0.224 e.